The number of aliphatic carboxylic acids is 2. The smallest absolute Gasteiger partial charge is 1.00 e. The van der Waals surface area contributed by atoms with Crippen LogP contribution in [0.15, 0.2) is 0 Å². The summed E-state index contributed by atoms with van der Waals surface area (Å²) in [6.45, 7) is 4.54. The molecule has 248 valence electrons. The van der Waals surface area contributed by atoms with Gasteiger partial charge in [-0.3, -0.25) is 9.59 Å². The van der Waals surface area contributed by atoms with Crippen molar-refractivity contribution >= 4 is 72.7 Å². The molecule has 0 saturated heterocycles. The number of carboxylic acid groups (broad SMARTS) is 2. The second-order valence-corrected chi connectivity index (χ2v) is 12.2. The van der Waals surface area contributed by atoms with Crippen molar-refractivity contribution in [3.63, 3.8) is 0 Å². The molecule has 0 atom stereocenters. The van der Waals surface area contributed by atoms with Crippen molar-refractivity contribution in [1.82, 2.24) is 0 Å². The van der Waals surface area contributed by atoms with Gasteiger partial charge < -0.3 is 15.9 Å². The topological polar surface area (TPSA) is 74.6 Å². The van der Waals surface area contributed by atoms with E-state index in [1.54, 1.807) is 0 Å². The molecule has 0 saturated carbocycles. The van der Waals surface area contributed by atoms with Gasteiger partial charge in [-0.25, -0.2) is 0 Å². The maximum atomic E-state index is 10.3. The van der Waals surface area contributed by atoms with Crippen LogP contribution >= 0.6 is 0 Å². The number of carbonyl (C=O) groups is 2. The van der Waals surface area contributed by atoms with Crippen LogP contribution in [-0.2, 0) is 9.59 Å². The van der Waals surface area contributed by atoms with Gasteiger partial charge in [-0.15, -0.1) is 0 Å². The van der Waals surface area contributed by atoms with Gasteiger partial charge in [-0.1, -0.05) is 194 Å². The SMILES string of the molecule is CCCCCCCCCCCCCCCCCC(=O)O.CCCCCCCCCCCCCCCCCC(=O)O.[Ca+2].[H-].[H-].[H-].[H-].[Mg+2]. The molecule has 0 spiro atoms. The standard InChI is InChI=1S/2C18H36O2.Ca.Mg.4H/c2*1-2-3-4-5-6-7-8-9-10-11-12-13-14-15-16-17-18(19)20;;;;;;/h2*2-17H2,1H3,(H,19,20);;;;;;/q;;2*+2;4*-1. The molecule has 0 aliphatic carbocycles. The molecule has 0 aromatic heterocycles. The molecular weight excluding hydrogens is 561 g/mol. The summed E-state index contributed by atoms with van der Waals surface area (Å²) < 4.78 is 0. The zero-order chi connectivity index (χ0) is 29.8. The second-order valence-electron chi connectivity index (χ2n) is 12.2. The molecule has 0 aromatic rings. The first kappa shape index (κ1) is 49.8. The minimum atomic E-state index is -0.653. The molecule has 4 nitrogen and oxygen atoms in total. The van der Waals surface area contributed by atoms with E-state index in [1.807, 2.05) is 0 Å². The minimum absolute atomic E-state index is 0. The Hall–Kier alpha value is 0.966. The molecule has 0 aliphatic heterocycles. The summed E-state index contributed by atoms with van der Waals surface area (Å²) in [7, 11) is 0. The van der Waals surface area contributed by atoms with Gasteiger partial charge in [-0.05, 0) is 12.8 Å². The fourth-order valence-corrected chi connectivity index (χ4v) is 5.30. The van der Waals surface area contributed by atoms with Crippen molar-refractivity contribution in [2.45, 2.75) is 219 Å². The Bertz CT molecular complexity index is 480. The van der Waals surface area contributed by atoms with Gasteiger partial charge in [0, 0.05) is 12.8 Å². The average Bonchev–Trinajstić information content (AvgIpc) is 2.93. The molecule has 0 unspecified atom stereocenters. The van der Waals surface area contributed by atoms with Gasteiger partial charge in [0.15, 0.2) is 0 Å². The summed E-state index contributed by atoms with van der Waals surface area (Å²) >= 11 is 0. The molecule has 0 rings (SSSR count). The summed E-state index contributed by atoms with van der Waals surface area (Å²) in [5.74, 6) is -1.31. The van der Waals surface area contributed by atoms with Gasteiger partial charge in [0.05, 0.1) is 0 Å². The minimum Gasteiger partial charge on any atom is -1.00 e. The number of rotatable bonds is 32. The zero-order valence-corrected chi connectivity index (χ0v) is 32.4. The second kappa shape index (κ2) is 46.4. The molecule has 2 N–H and O–H groups in total. The Labute approximate surface area is 315 Å². The molecule has 0 aromatic carbocycles. The predicted molar refractivity (Wildman–Crippen MR) is 190 cm³/mol. The summed E-state index contributed by atoms with van der Waals surface area (Å²) in [6.07, 6.45) is 40.4. The summed E-state index contributed by atoms with van der Waals surface area (Å²) in [4.78, 5) is 20.7. The molecule has 0 aliphatic rings. The molecule has 0 radical (unpaired) electrons. The number of hydrogen-bond acceptors (Lipinski definition) is 2. The molecule has 0 heterocycles. The van der Waals surface area contributed by atoms with Crippen molar-refractivity contribution in [3.05, 3.63) is 0 Å². The zero-order valence-electron chi connectivity index (χ0n) is 32.8. The van der Waals surface area contributed by atoms with E-state index >= 15 is 0 Å². The van der Waals surface area contributed by atoms with E-state index in [9.17, 15) is 9.59 Å². The van der Waals surface area contributed by atoms with Gasteiger partial charge in [0.2, 0.25) is 0 Å². The fourth-order valence-electron chi connectivity index (χ4n) is 5.30. The molecular formula is C36H76CaMgO4. The van der Waals surface area contributed by atoms with Crippen LogP contribution in [0.25, 0.3) is 0 Å². The third-order valence-corrected chi connectivity index (χ3v) is 7.99. The Kier molecular flexibility index (Phi) is 55.0. The van der Waals surface area contributed by atoms with E-state index in [4.69, 9.17) is 10.2 Å². The summed E-state index contributed by atoms with van der Waals surface area (Å²) in [5.41, 5.74) is 0. The first-order chi connectivity index (χ1) is 19.5. The number of carboxylic acids is 2. The van der Waals surface area contributed by atoms with E-state index in [2.05, 4.69) is 13.8 Å². The van der Waals surface area contributed by atoms with Crippen LogP contribution in [0.4, 0.5) is 0 Å². The van der Waals surface area contributed by atoms with Gasteiger partial charge in [-0.2, -0.15) is 0 Å². The van der Waals surface area contributed by atoms with Gasteiger partial charge in [0.25, 0.3) is 0 Å². The summed E-state index contributed by atoms with van der Waals surface area (Å²) in [6, 6.07) is 0. The third kappa shape index (κ3) is 53.5. The summed E-state index contributed by atoms with van der Waals surface area (Å²) in [5, 5.41) is 17.0. The van der Waals surface area contributed by atoms with Crippen molar-refractivity contribution in [2.75, 3.05) is 0 Å². The Morgan fingerprint density at radius 1 is 0.357 bits per heavy atom. The molecule has 0 amide bonds. The monoisotopic (exact) mass is 637 g/mol. The van der Waals surface area contributed by atoms with E-state index < -0.39 is 11.9 Å². The maximum absolute atomic E-state index is 10.3. The van der Waals surface area contributed by atoms with Crippen LogP contribution in [0.2, 0.25) is 0 Å². The fraction of sp³-hybridized carbons (Fsp3) is 0.944. The van der Waals surface area contributed by atoms with Crippen LogP contribution in [-0.4, -0.2) is 82.9 Å². The van der Waals surface area contributed by atoms with E-state index in [0.717, 1.165) is 25.7 Å². The Morgan fingerprint density at radius 2 is 0.500 bits per heavy atom. The molecule has 6 heteroatoms. The van der Waals surface area contributed by atoms with E-state index in [0.29, 0.717) is 12.8 Å². The third-order valence-electron chi connectivity index (χ3n) is 7.99. The maximum Gasteiger partial charge on any atom is 2.00 e. The van der Waals surface area contributed by atoms with Crippen LogP contribution in [0.5, 0.6) is 0 Å². The average molecular weight is 637 g/mol. The van der Waals surface area contributed by atoms with Gasteiger partial charge >= 0.3 is 72.7 Å². The largest absolute Gasteiger partial charge is 2.00 e. The van der Waals surface area contributed by atoms with Crippen molar-refractivity contribution in [3.8, 4) is 0 Å². The first-order valence-electron chi connectivity index (χ1n) is 18.0. The molecule has 0 bridgehead atoms. The Morgan fingerprint density at radius 3 is 0.643 bits per heavy atom. The van der Waals surface area contributed by atoms with Crippen LogP contribution < -0.4 is 0 Å². The predicted octanol–water partition coefficient (Wildman–Crippen LogP) is 12.4. The van der Waals surface area contributed by atoms with Crippen LogP contribution in [0, 0.1) is 0 Å². The first-order valence-corrected chi connectivity index (χ1v) is 18.0. The molecule has 42 heavy (non-hydrogen) atoms. The van der Waals surface area contributed by atoms with Crippen molar-refractivity contribution < 1.29 is 25.5 Å². The quantitative estimate of drug-likeness (QED) is 0.0569. The van der Waals surface area contributed by atoms with Crippen LogP contribution in [0.1, 0.15) is 225 Å². The van der Waals surface area contributed by atoms with E-state index in [-0.39, 0.29) is 66.5 Å². The molecule has 0 fully saturated rings. The Balaban J connectivity index is -0.0000000926. The van der Waals surface area contributed by atoms with Crippen molar-refractivity contribution in [1.29, 1.82) is 0 Å². The van der Waals surface area contributed by atoms with Gasteiger partial charge in [0.1, 0.15) is 0 Å². The van der Waals surface area contributed by atoms with Crippen LogP contribution in [0.3, 0.4) is 0 Å². The number of unbranched alkanes of at least 4 members (excludes halogenated alkanes) is 28. The van der Waals surface area contributed by atoms with E-state index in [1.165, 1.54) is 167 Å². The van der Waals surface area contributed by atoms with Crippen molar-refractivity contribution in [2.24, 2.45) is 0 Å². The normalized spacial score (nSPS) is 10.3. The number of hydrogen-bond donors (Lipinski definition) is 2.